The van der Waals surface area contributed by atoms with E-state index in [9.17, 15) is 9.59 Å². The third-order valence-electron chi connectivity index (χ3n) is 6.17. The van der Waals surface area contributed by atoms with Crippen LogP contribution in [0.3, 0.4) is 0 Å². The van der Waals surface area contributed by atoms with Crippen LogP contribution in [0.25, 0.3) is 10.9 Å². The molecule has 1 unspecified atom stereocenters. The lowest BCUT2D eigenvalue weighted by atomic mass is 9.70. The molecule has 1 amide bonds. The van der Waals surface area contributed by atoms with Crippen molar-refractivity contribution in [3.8, 4) is 0 Å². The van der Waals surface area contributed by atoms with Gasteiger partial charge in [0.05, 0.1) is 16.8 Å². The van der Waals surface area contributed by atoms with Gasteiger partial charge in [-0.1, -0.05) is 51.1 Å². The predicted molar refractivity (Wildman–Crippen MR) is 135 cm³/mol. The third-order valence-corrected chi connectivity index (χ3v) is 7.11. The zero-order valence-corrected chi connectivity index (χ0v) is 20.7. The summed E-state index contributed by atoms with van der Waals surface area (Å²) in [6.45, 7) is 6.39. The first-order valence-electron chi connectivity index (χ1n) is 10.9. The Morgan fingerprint density at radius 2 is 1.84 bits per heavy atom. The molecule has 0 spiro atoms. The first kappa shape index (κ1) is 22.7. The second-order valence-corrected chi connectivity index (χ2v) is 10.5. The topological polar surface area (TPSA) is 68.3 Å². The van der Waals surface area contributed by atoms with Gasteiger partial charge in [0, 0.05) is 14.7 Å². The van der Waals surface area contributed by atoms with Crippen molar-refractivity contribution < 1.29 is 14.3 Å². The van der Waals surface area contributed by atoms with Crippen LogP contribution in [0.2, 0.25) is 0 Å². The van der Waals surface area contributed by atoms with E-state index in [0.717, 1.165) is 45.0 Å². The van der Waals surface area contributed by atoms with Gasteiger partial charge in [-0.15, -0.1) is 0 Å². The molecule has 166 valence electrons. The number of ether oxygens (including phenoxy) is 1. The molecule has 0 radical (unpaired) electrons. The average Bonchev–Trinajstić information content (AvgIpc) is 2.76. The number of carbonyl (C=O) groups is 2. The molecule has 4 rings (SSSR count). The Kier molecular flexibility index (Phi) is 6.51. The minimum atomic E-state index is -0.465. The second-order valence-electron chi connectivity index (χ2n) is 9.34. The van der Waals surface area contributed by atoms with Crippen molar-refractivity contribution in [2.45, 2.75) is 40.0 Å². The van der Waals surface area contributed by atoms with Crippen LogP contribution >= 0.6 is 22.6 Å². The van der Waals surface area contributed by atoms with Crippen LogP contribution in [-0.2, 0) is 22.4 Å². The molecule has 0 bridgehead atoms. The van der Waals surface area contributed by atoms with Crippen LogP contribution in [0.15, 0.2) is 48.5 Å². The molecule has 5 nitrogen and oxygen atoms in total. The van der Waals surface area contributed by atoms with Crippen LogP contribution in [0.5, 0.6) is 0 Å². The van der Waals surface area contributed by atoms with Crippen molar-refractivity contribution in [3.05, 3.63) is 68.9 Å². The van der Waals surface area contributed by atoms with Gasteiger partial charge in [0.25, 0.3) is 5.91 Å². The summed E-state index contributed by atoms with van der Waals surface area (Å²) in [7, 11) is 0. The van der Waals surface area contributed by atoms with Gasteiger partial charge < -0.3 is 10.1 Å². The van der Waals surface area contributed by atoms with E-state index in [-0.39, 0.29) is 17.9 Å². The number of pyridine rings is 1. The van der Waals surface area contributed by atoms with Crippen molar-refractivity contribution >= 4 is 51.1 Å². The fourth-order valence-corrected chi connectivity index (χ4v) is 4.84. The molecule has 0 saturated carbocycles. The first-order valence-corrected chi connectivity index (χ1v) is 11.9. The van der Waals surface area contributed by atoms with Crippen molar-refractivity contribution in [2.75, 3.05) is 11.9 Å². The summed E-state index contributed by atoms with van der Waals surface area (Å²) in [6, 6.07) is 15.1. The van der Waals surface area contributed by atoms with Crippen molar-refractivity contribution in [1.29, 1.82) is 0 Å². The summed E-state index contributed by atoms with van der Waals surface area (Å²) in [6.07, 6.45) is 2.68. The first-order chi connectivity index (χ1) is 15.2. The van der Waals surface area contributed by atoms with Crippen molar-refractivity contribution in [3.63, 3.8) is 0 Å². The predicted octanol–water partition coefficient (Wildman–Crippen LogP) is 5.79. The average molecular weight is 542 g/mol. The number of fused-ring (bicyclic) bond motifs is 2. The van der Waals surface area contributed by atoms with Crippen LogP contribution in [0.1, 0.15) is 48.8 Å². The van der Waals surface area contributed by atoms with E-state index in [1.165, 1.54) is 0 Å². The largest absolute Gasteiger partial charge is 0.452 e. The Balaban J connectivity index is 1.60. The fraction of sp³-hybridized carbons (Fsp3) is 0.346. The number of rotatable bonds is 4. The standard InChI is InChI=1S/C26H27IN2O3/c1-26(2,3)16-12-13-21-18(14-16)24(17-8-4-6-10-20(17)28-21)25(31)32-15-23(30)29-22-11-7-5-9-19(22)27/h4-11,16H,12-15H2,1-3H3,(H,29,30). The number of hydrogen-bond donors (Lipinski definition) is 1. The Hall–Kier alpha value is -2.48. The molecular weight excluding hydrogens is 515 g/mol. The molecule has 3 aromatic rings. The van der Waals surface area contributed by atoms with E-state index in [0.29, 0.717) is 17.2 Å². The van der Waals surface area contributed by atoms with E-state index >= 15 is 0 Å². The zero-order valence-electron chi connectivity index (χ0n) is 18.6. The highest BCUT2D eigenvalue weighted by Gasteiger charge is 2.33. The molecular formula is C26H27IN2O3. The summed E-state index contributed by atoms with van der Waals surface area (Å²) in [5, 5.41) is 3.59. The number of aryl methyl sites for hydroxylation is 1. The normalized spacial score (nSPS) is 15.8. The molecule has 1 aliphatic carbocycles. The number of amides is 1. The van der Waals surface area contributed by atoms with E-state index in [2.05, 4.69) is 48.7 Å². The number of carbonyl (C=O) groups excluding carboxylic acids is 2. The molecule has 0 aliphatic heterocycles. The molecule has 1 heterocycles. The number of hydrogen-bond acceptors (Lipinski definition) is 4. The maximum atomic E-state index is 13.3. The fourth-order valence-electron chi connectivity index (χ4n) is 4.31. The quantitative estimate of drug-likeness (QED) is 0.335. The summed E-state index contributed by atoms with van der Waals surface area (Å²) in [5.41, 5.74) is 4.13. The number of para-hydroxylation sites is 2. The maximum absolute atomic E-state index is 13.3. The Labute approximate surface area is 202 Å². The highest BCUT2D eigenvalue weighted by atomic mass is 127. The molecule has 0 saturated heterocycles. The summed E-state index contributed by atoms with van der Waals surface area (Å²) in [4.78, 5) is 30.6. The number of esters is 1. The van der Waals surface area contributed by atoms with E-state index in [4.69, 9.17) is 9.72 Å². The molecule has 32 heavy (non-hydrogen) atoms. The van der Waals surface area contributed by atoms with Crippen LogP contribution in [0, 0.1) is 14.9 Å². The highest BCUT2D eigenvalue weighted by Crippen LogP contribution is 2.39. The molecule has 6 heteroatoms. The Morgan fingerprint density at radius 1 is 1.12 bits per heavy atom. The lowest BCUT2D eigenvalue weighted by Gasteiger charge is -2.35. The zero-order chi connectivity index (χ0) is 22.9. The van der Waals surface area contributed by atoms with Crippen LogP contribution < -0.4 is 5.32 Å². The summed E-state index contributed by atoms with van der Waals surface area (Å²) >= 11 is 2.16. The Morgan fingerprint density at radius 3 is 2.59 bits per heavy atom. The van der Waals surface area contributed by atoms with E-state index in [1.54, 1.807) is 0 Å². The number of halogens is 1. The van der Waals surface area contributed by atoms with Gasteiger partial charge in [-0.3, -0.25) is 9.78 Å². The van der Waals surface area contributed by atoms with E-state index in [1.807, 2.05) is 48.5 Å². The lowest BCUT2D eigenvalue weighted by molar-refractivity contribution is -0.119. The molecule has 0 fully saturated rings. The van der Waals surface area contributed by atoms with Gasteiger partial charge in [-0.2, -0.15) is 0 Å². The minimum absolute atomic E-state index is 0.136. The molecule has 1 aliphatic rings. The van der Waals surface area contributed by atoms with Gasteiger partial charge in [0.1, 0.15) is 0 Å². The number of anilines is 1. The smallest absolute Gasteiger partial charge is 0.339 e. The number of aromatic nitrogens is 1. The van der Waals surface area contributed by atoms with Gasteiger partial charge >= 0.3 is 5.97 Å². The Bertz CT molecular complexity index is 1180. The van der Waals surface area contributed by atoms with Gasteiger partial charge in [0.2, 0.25) is 0 Å². The number of nitrogens with one attached hydrogen (secondary N) is 1. The third kappa shape index (κ3) is 4.80. The molecule has 1 atom stereocenters. The van der Waals surface area contributed by atoms with Crippen molar-refractivity contribution in [2.24, 2.45) is 11.3 Å². The molecule has 1 N–H and O–H groups in total. The van der Waals surface area contributed by atoms with Crippen LogP contribution in [-0.4, -0.2) is 23.5 Å². The van der Waals surface area contributed by atoms with Crippen molar-refractivity contribution in [1.82, 2.24) is 4.98 Å². The molecule has 2 aromatic carbocycles. The van der Waals surface area contributed by atoms with Gasteiger partial charge in [0.15, 0.2) is 6.61 Å². The summed E-state index contributed by atoms with van der Waals surface area (Å²) < 4.78 is 6.44. The van der Waals surface area contributed by atoms with E-state index < -0.39 is 5.97 Å². The molecule has 1 aromatic heterocycles. The number of benzene rings is 2. The maximum Gasteiger partial charge on any atom is 0.339 e. The van der Waals surface area contributed by atoms with Gasteiger partial charge in [-0.05, 0) is 76.9 Å². The minimum Gasteiger partial charge on any atom is -0.452 e. The van der Waals surface area contributed by atoms with Crippen LogP contribution in [0.4, 0.5) is 5.69 Å². The highest BCUT2D eigenvalue weighted by molar-refractivity contribution is 14.1. The lowest BCUT2D eigenvalue weighted by Crippen LogP contribution is -2.29. The SMILES string of the molecule is CC(C)(C)C1CCc2nc3ccccc3c(C(=O)OCC(=O)Nc3ccccc3I)c2C1. The second kappa shape index (κ2) is 9.17. The number of nitrogens with zero attached hydrogens (tertiary/aromatic N) is 1. The summed E-state index contributed by atoms with van der Waals surface area (Å²) in [5.74, 6) is -0.373. The van der Waals surface area contributed by atoms with Gasteiger partial charge in [-0.25, -0.2) is 4.79 Å². The monoisotopic (exact) mass is 542 g/mol.